The van der Waals surface area contributed by atoms with Gasteiger partial charge in [0.1, 0.15) is 11.5 Å². The lowest BCUT2D eigenvalue weighted by Crippen LogP contribution is -2.30. The molecule has 0 bridgehead atoms. The molecule has 2 rings (SSSR count). The Morgan fingerprint density at radius 1 is 0.917 bits per heavy atom. The lowest BCUT2D eigenvalue weighted by atomic mass is 10.2. The summed E-state index contributed by atoms with van der Waals surface area (Å²) < 4.78 is 15.3. The van der Waals surface area contributed by atoms with Gasteiger partial charge >= 0.3 is 5.97 Å². The predicted molar refractivity (Wildman–Crippen MR) is 89.5 cm³/mol. The number of hydrogen-bond donors (Lipinski definition) is 1. The van der Waals surface area contributed by atoms with Gasteiger partial charge in [0, 0.05) is 5.69 Å². The Balaban J connectivity index is 1.94. The number of anilines is 1. The lowest BCUT2D eigenvalue weighted by molar-refractivity contribution is -0.122. The number of benzene rings is 2. The zero-order valence-electron chi connectivity index (χ0n) is 13.7. The fourth-order valence-corrected chi connectivity index (χ4v) is 1.96. The summed E-state index contributed by atoms with van der Waals surface area (Å²) in [5.74, 6) is 0.561. The van der Waals surface area contributed by atoms with Gasteiger partial charge < -0.3 is 19.5 Å². The van der Waals surface area contributed by atoms with Crippen molar-refractivity contribution < 1.29 is 23.8 Å². The molecule has 0 saturated heterocycles. The summed E-state index contributed by atoms with van der Waals surface area (Å²) in [6.45, 7) is 1.66. The number of amides is 1. The number of hydrogen-bond acceptors (Lipinski definition) is 5. The minimum atomic E-state index is -0.682. The highest BCUT2D eigenvalue weighted by atomic mass is 16.5. The predicted octanol–water partition coefficient (Wildman–Crippen LogP) is 2.89. The van der Waals surface area contributed by atoms with Crippen LogP contribution in [0.2, 0.25) is 0 Å². The molecular weight excluding hydrogens is 310 g/mol. The molecule has 0 fully saturated rings. The number of rotatable bonds is 6. The van der Waals surface area contributed by atoms with Gasteiger partial charge in [-0.15, -0.1) is 0 Å². The highest BCUT2D eigenvalue weighted by Gasteiger charge is 2.15. The molecule has 126 valence electrons. The average Bonchev–Trinajstić information content (AvgIpc) is 2.62. The molecular formula is C18H19NO5. The third kappa shape index (κ3) is 4.49. The Morgan fingerprint density at radius 2 is 1.50 bits per heavy atom. The zero-order valence-corrected chi connectivity index (χ0v) is 13.7. The van der Waals surface area contributed by atoms with Crippen molar-refractivity contribution in [3.05, 3.63) is 54.1 Å². The maximum atomic E-state index is 12.2. The SMILES string of the molecule is COC(=O)c1ccc(NC(=O)[C@@H](C)Oc2ccc(OC)cc2)cc1. The minimum Gasteiger partial charge on any atom is -0.497 e. The van der Waals surface area contributed by atoms with Gasteiger partial charge in [0.05, 0.1) is 19.8 Å². The van der Waals surface area contributed by atoms with E-state index in [1.807, 2.05) is 0 Å². The van der Waals surface area contributed by atoms with E-state index in [0.29, 0.717) is 22.7 Å². The van der Waals surface area contributed by atoms with Crippen LogP contribution in [0.4, 0.5) is 5.69 Å². The van der Waals surface area contributed by atoms with Crippen LogP contribution in [0.25, 0.3) is 0 Å². The van der Waals surface area contributed by atoms with E-state index in [0.717, 1.165) is 0 Å². The first-order valence-electron chi connectivity index (χ1n) is 7.33. The molecule has 6 heteroatoms. The largest absolute Gasteiger partial charge is 0.497 e. The van der Waals surface area contributed by atoms with Gasteiger partial charge in [0.15, 0.2) is 6.10 Å². The van der Waals surface area contributed by atoms with E-state index in [1.165, 1.54) is 7.11 Å². The van der Waals surface area contributed by atoms with Gasteiger partial charge in [0.2, 0.25) is 0 Å². The third-order valence-corrected chi connectivity index (χ3v) is 3.32. The van der Waals surface area contributed by atoms with Crippen LogP contribution in [0.15, 0.2) is 48.5 Å². The molecule has 24 heavy (non-hydrogen) atoms. The molecule has 0 unspecified atom stereocenters. The van der Waals surface area contributed by atoms with Gasteiger partial charge in [-0.25, -0.2) is 4.79 Å². The van der Waals surface area contributed by atoms with Gasteiger partial charge in [-0.3, -0.25) is 4.79 Å². The van der Waals surface area contributed by atoms with Crippen molar-refractivity contribution in [2.45, 2.75) is 13.0 Å². The van der Waals surface area contributed by atoms with Crippen molar-refractivity contribution in [2.75, 3.05) is 19.5 Å². The second-order valence-electron chi connectivity index (χ2n) is 4.99. The summed E-state index contributed by atoms with van der Waals surface area (Å²) in [5, 5.41) is 2.73. The number of methoxy groups -OCH3 is 2. The van der Waals surface area contributed by atoms with E-state index < -0.39 is 12.1 Å². The van der Waals surface area contributed by atoms with Crippen LogP contribution < -0.4 is 14.8 Å². The Labute approximate surface area is 140 Å². The molecule has 0 saturated carbocycles. The molecule has 1 atom stereocenters. The summed E-state index contributed by atoms with van der Waals surface area (Å²) in [6.07, 6.45) is -0.682. The fourth-order valence-electron chi connectivity index (χ4n) is 1.96. The van der Waals surface area contributed by atoms with Crippen LogP contribution in [-0.2, 0) is 9.53 Å². The summed E-state index contributed by atoms with van der Waals surface area (Å²) >= 11 is 0. The topological polar surface area (TPSA) is 73.9 Å². The van der Waals surface area contributed by atoms with Crippen molar-refractivity contribution >= 4 is 17.6 Å². The number of esters is 1. The van der Waals surface area contributed by atoms with Crippen LogP contribution in [0.1, 0.15) is 17.3 Å². The Morgan fingerprint density at radius 3 is 2.04 bits per heavy atom. The number of nitrogens with one attached hydrogen (secondary N) is 1. The second-order valence-corrected chi connectivity index (χ2v) is 4.99. The molecule has 2 aromatic carbocycles. The van der Waals surface area contributed by atoms with E-state index in [9.17, 15) is 9.59 Å². The standard InChI is InChI=1S/C18H19NO5/c1-12(24-16-10-8-15(22-2)9-11-16)17(20)19-14-6-4-13(5-7-14)18(21)23-3/h4-12H,1-3H3,(H,19,20)/t12-/m1/s1. The highest BCUT2D eigenvalue weighted by molar-refractivity contribution is 5.95. The summed E-state index contributed by atoms with van der Waals surface area (Å²) in [4.78, 5) is 23.5. The van der Waals surface area contributed by atoms with Gasteiger partial charge in [-0.2, -0.15) is 0 Å². The van der Waals surface area contributed by atoms with Crippen molar-refractivity contribution in [3.63, 3.8) is 0 Å². The molecule has 0 aliphatic heterocycles. The molecule has 0 aliphatic carbocycles. The molecule has 6 nitrogen and oxygen atoms in total. The van der Waals surface area contributed by atoms with E-state index in [2.05, 4.69) is 10.1 Å². The van der Waals surface area contributed by atoms with Crippen molar-refractivity contribution in [2.24, 2.45) is 0 Å². The summed E-state index contributed by atoms with van der Waals surface area (Å²) in [7, 11) is 2.90. The molecule has 1 amide bonds. The van der Waals surface area contributed by atoms with Crippen LogP contribution in [0, 0.1) is 0 Å². The quantitative estimate of drug-likeness (QED) is 0.825. The Bertz CT molecular complexity index is 694. The minimum absolute atomic E-state index is 0.295. The fraction of sp³-hybridized carbons (Fsp3) is 0.222. The zero-order chi connectivity index (χ0) is 17.5. The molecule has 0 heterocycles. The Kier molecular flexibility index (Phi) is 5.78. The molecule has 0 radical (unpaired) electrons. The number of carbonyl (C=O) groups is 2. The average molecular weight is 329 g/mol. The first-order valence-corrected chi connectivity index (χ1v) is 7.33. The van der Waals surface area contributed by atoms with Crippen LogP contribution in [0.3, 0.4) is 0 Å². The van der Waals surface area contributed by atoms with E-state index in [4.69, 9.17) is 9.47 Å². The molecule has 0 aromatic heterocycles. The highest BCUT2D eigenvalue weighted by Crippen LogP contribution is 2.18. The maximum Gasteiger partial charge on any atom is 0.337 e. The number of ether oxygens (including phenoxy) is 3. The monoisotopic (exact) mass is 329 g/mol. The number of carbonyl (C=O) groups excluding carboxylic acids is 2. The van der Waals surface area contributed by atoms with E-state index in [1.54, 1.807) is 62.6 Å². The molecule has 1 N–H and O–H groups in total. The summed E-state index contributed by atoms with van der Waals surface area (Å²) in [5.41, 5.74) is 0.982. The first-order chi connectivity index (χ1) is 11.5. The van der Waals surface area contributed by atoms with E-state index in [-0.39, 0.29) is 5.91 Å². The van der Waals surface area contributed by atoms with E-state index >= 15 is 0 Å². The van der Waals surface area contributed by atoms with Crippen molar-refractivity contribution in [1.29, 1.82) is 0 Å². The van der Waals surface area contributed by atoms with Crippen LogP contribution in [-0.4, -0.2) is 32.2 Å². The normalized spacial score (nSPS) is 11.3. The summed E-state index contributed by atoms with van der Waals surface area (Å²) in [6, 6.07) is 13.4. The molecule has 2 aromatic rings. The molecule has 0 spiro atoms. The third-order valence-electron chi connectivity index (χ3n) is 3.32. The first kappa shape index (κ1) is 17.3. The second kappa shape index (κ2) is 8.01. The van der Waals surface area contributed by atoms with Crippen LogP contribution in [0.5, 0.6) is 11.5 Å². The smallest absolute Gasteiger partial charge is 0.337 e. The Hall–Kier alpha value is -3.02. The van der Waals surface area contributed by atoms with Gasteiger partial charge in [-0.05, 0) is 55.5 Å². The lowest BCUT2D eigenvalue weighted by Gasteiger charge is -2.15. The van der Waals surface area contributed by atoms with Gasteiger partial charge in [0.25, 0.3) is 5.91 Å². The van der Waals surface area contributed by atoms with Crippen molar-refractivity contribution in [3.8, 4) is 11.5 Å². The van der Waals surface area contributed by atoms with Crippen molar-refractivity contribution in [1.82, 2.24) is 0 Å². The molecule has 0 aliphatic rings. The van der Waals surface area contributed by atoms with Crippen LogP contribution >= 0.6 is 0 Å². The maximum absolute atomic E-state index is 12.2. The van der Waals surface area contributed by atoms with Gasteiger partial charge in [-0.1, -0.05) is 0 Å².